The van der Waals surface area contributed by atoms with Gasteiger partial charge in [0.1, 0.15) is 5.56 Å². The van der Waals surface area contributed by atoms with Gasteiger partial charge in [0, 0.05) is 18.7 Å². The molecule has 1 aliphatic carbocycles. The molecule has 1 aromatic rings. The summed E-state index contributed by atoms with van der Waals surface area (Å²) in [5.74, 6) is -0.954. The number of hydrogen-bond donors (Lipinski definition) is 0. The third-order valence-electron chi connectivity index (χ3n) is 5.98. The van der Waals surface area contributed by atoms with Crippen LogP contribution in [0.3, 0.4) is 0 Å². The first kappa shape index (κ1) is 21.9. The average Bonchev–Trinajstić information content (AvgIpc) is 2.93. The zero-order chi connectivity index (χ0) is 22.3. The first-order valence-electron chi connectivity index (χ1n) is 9.86. The second kappa shape index (κ2) is 7.77. The van der Waals surface area contributed by atoms with Crippen molar-refractivity contribution in [3.63, 3.8) is 0 Å². The molecule has 1 aromatic carbocycles. The molecule has 1 aliphatic heterocycles. The number of likely N-dealkylation sites (tertiary alicyclic amines) is 1. The van der Waals surface area contributed by atoms with Gasteiger partial charge in [-0.2, -0.15) is 0 Å². The third-order valence-corrected chi connectivity index (χ3v) is 5.98. The van der Waals surface area contributed by atoms with Crippen molar-refractivity contribution in [1.29, 1.82) is 0 Å². The maximum atomic E-state index is 12.8. The summed E-state index contributed by atoms with van der Waals surface area (Å²) >= 11 is 0. The molecule has 0 spiro atoms. The van der Waals surface area contributed by atoms with Crippen LogP contribution in [0.25, 0.3) is 0 Å². The van der Waals surface area contributed by atoms with Gasteiger partial charge >= 0.3 is 5.97 Å². The highest BCUT2D eigenvalue weighted by Gasteiger charge is 2.51. The van der Waals surface area contributed by atoms with Gasteiger partial charge in [0.05, 0.1) is 25.2 Å². The molecule has 0 aromatic heterocycles. The van der Waals surface area contributed by atoms with Gasteiger partial charge in [-0.15, -0.1) is 0 Å². The number of nitro groups is 1. The van der Waals surface area contributed by atoms with Crippen LogP contribution in [0.4, 0.5) is 5.69 Å². The maximum Gasteiger partial charge on any atom is 0.345 e. The van der Waals surface area contributed by atoms with Crippen molar-refractivity contribution in [2.75, 3.05) is 27.4 Å². The van der Waals surface area contributed by atoms with Gasteiger partial charge < -0.3 is 19.1 Å². The number of rotatable bonds is 6. The fourth-order valence-corrected chi connectivity index (χ4v) is 5.22. The summed E-state index contributed by atoms with van der Waals surface area (Å²) in [6.07, 6.45) is 2.89. The monoisotopic (exact) mass is 420 g/mol. The first-order chi connectivity index (χ1) is 14.0. The summed E-state index contributed by atoms with van der Waals surface area (Å²) in [7, 11) is 2.70. The predicted molar refractivity (Wildman–Crippen MR) is 108 cm³/mol. The number of amides is 1. The summed E-state index contributed by atoms with van der Waals surface area (Å²) in [6.45, 7) is 6.78. The molecule has 2 bridgehead atoms. The predicted octanol–water partition coefficient (Wildman–Crippen LogP) is 3.20. The Labute approximate surface area is 175 Å². The van der Waals surface area contributed by atoms with E-state index in [9.17, 15) is 19.7 Å². The van der Waals surface area contributed by atoms with Gasteiger partial charge in [-0.05, 0) is 30.1 Å². The van der Waals surface area contributed by atoms with Crippen LogP contribution in [0.2, 0.25) is 0 Å². The molecular weight excluding hydrogens is 392 g/mol. The Morgan fingerprint density at radius 3 is 2.40 bits per heavy atom. The minimum absolute atomic E-state index is 0.0637. The zero-order valence-electron chi connectivity index (χ0n) is 18.0. The van der Waals surface area contributed by atoms with Crippen molar-refractivity contribution in [2.45, 2.75) is 46.1 Å². The highest BCUT2D eigenvalue weighted by molar-refractivity contribution is 5.96. The van der Waals surface area contributed by atoms with E-state index >= 15 is 0 Å². The number of fused-ring (bicyclic) bond motifs is 2. The lowest BCUT2D eigenvalue weighted by Gasteiger charge is -2.39. The van der Waals surface area contributed by atoms with E-state index < -0.39 is 23.2 Å². The normalized spacial score (nSPS) is 24.3. The Hall–Kier alpha value is -2.84. The van der Waals surface area contributed by atoms with Gasteiger partial charge in [0.15, 0.2) is 18.1 Å². The second-order valence-corrected chi connectivity index (χ2v) is 9.29. The Kier molecular flexibility index (Phi) is 5.66. The van der Waals surface area contributed by atoms with Crippen LogP contribution in [-0.4, -0.2) is 55.1 Å². The van der Waals surface area contributed by atoms with E-state index in [0.717, 1.165) is 25.3 Å². The van der Waals surface area contributed by atoms with E-state index in [0.29, 0.717) is 6.54 Å². The number of ether oxygens (including phenoxy) is 3. The van der Waals surface area contributed by atoms with Crippen LogP contribution >= 0.6 is 0 Å². The number of benzene rings is 1. The second-order valence-electron chi connectivity index (χ2n) is 9.29. The van der Waals surface area contributed by atoms with E-state index in [4.69, 9.17) is 14.2 Å². The lowest BCUT2D eigenvalue weighted by molar-refractivity contribution is -0.385. The molecular formula is C21H28N2O7. The number of carbonyl (C=O) groups excluding carboxylic acids is 2. The number of nitro benzene ring substituents is 1. The van der Waals surface area contributed by atoms with Crippen LogP contribution in [0.1, 0.15) is 50.4 Å². The molecule has 1 saturated carbocycles. The fourth-order valence-electron chi connectivity index (χ4n) is 5.22. The Bertz CT molecular complexity index is 882. The summed E-state index contributed by atoms with van der Waals surface area (Å²) in [5, 5.41) is 11.4. The van der Waals surface area contributed by atoms with E-state index in [1.807, 2.05) is 0 Å². The highest BCUT2D eigenvalue weighted by Crippen LogP contribution is 2.52. The largest absolute Gasteiger partial charge is 0.493 e. The minimum atomic E-state index is -0.954. The fraction of sp³-hybridized carbons (Fsp3) is 0.619. The molecule has 2 aliphatic rings. The van der Waals surface area contributed by atoms with E-state index in [2.05, 4.69) is 20.8 Å². The summed E-state index contributed by atoms with van der Waals surface area (Å²) < 4.78 is 15.3. The SMILES string of the molecule is COc1cc(C(=O)OCC(=O)N2C[C@@]3(C)C[C@@H]2CC(C)(C)C3)c([N+](=O)[O-])cc1OC. The van der Waals surface area contributed by atoms with Crippen molar-refractivity contribution in [3.8, 4) is 11.5 Å². The molecule has 9 nitrogen and oxygen atoms in total. The van der Waals surface area contributed by atoms with Crippen LogP contribution in [0.15, 0.2) is 12.1 Å². The van der Waals surface area contributed by atoms with Crippen molar-refractivity contribution >= 4 is 17.6 Å². The van der Waals surface area contributed by atoms with Crippen LogP contribution in [0.5, 0.6) is 11.5 Å². The molecule has 9 heteroatoms. The van der Waals surface area contributed by atoms with Crippen molar-refractivity contribution in [1.82, 2.24) is 4.90 Å². The summed E-state index contributed by atoms with van der Waals surface area (Å²) in [6, 6.07) is 2.42. The topological polar surface area (TPSA) is 108 Å². The molecule has 0 radical (unpaired) electrons. The number of methoxy groups -OCH3 is 2. The molecule has 0 N–H and O–H groups in total. The standard InChI is InChI=1S/C21H28N2O7/c1-20(2)8-13-9-21(3,11-20)12-22(13)18(24)10-30-19(25)14-6-16(28-4)17(29-5)7-15(14)23(26)27/h6-7,13H,8-12H2,1-5H3/t13-,21-/m0/s1. The van der Waals surface area contributed by atoms with Gasteiger partial charge in [-0.3, -0.25) is 14.9 Å². The molecule has 3 rings (SSSR count). The average molecular weight is 420 g/mol. The zero-order valence-corrected chi connectivity index (χ0v) is 18.0. The van der Waals surface area contributed by atoms with Crippen molar-refractivity contribution in [2.24, 2.45) is 10.8 Å². The molecule has 1 saturated heterocycles. The summed E-state index contributed by atoms with van der Waals surface area (Å²) in [4.78, 5) is 37.8. The lowest BCUT2D eigenvalue weighted by Crippen LogP contribution is -2.39. The Morgan fingerprint density at radius 1 is 1.17 bits per heavy atom. The highest BCUT2D eigenvalue weighted by atomic mass is 16.6. The third kappa shape index (κ3) is 4.20. The molecule has 164 valence electrons. The first-order valence-corrected chi connectivity index (χ1v) is 9.86. The summed E-state index contributed by atoms with van der Waals surface area (Å²) in [5.41, 5.74) is -0.548. The minimum Gasteiger partial charge on any atom is -0.493 e. The van der Waals surface area contributed by atoms with E-state index in [-0.39, 0.29) is 39.8 Å². The number of carbonyl (C=O) groups is 2. The Balaban J connectivity index is 1.73. The van der Waals surface area contributed by atoms with Crippen molar-refractivity contribution in [3.05, 3.63) is 27.8 Å². The van der Waals surface area contributed by atoms with E-state index in [1.54, 1.807) is 4.90 Å². The van der Waals surface area contributed by atoms with E-state index in [1.165, 1.54) is 20.3 Å². The van der Waals surface area contributed by atoms with Gasteiger partial charge in [0.2, 0.25) is 0 Å². The van der Waals surface area contributed by atoms with Crippen LogP contribution < -0.4 is 9.47 Å². The number of nitrogens with zero attached hydrogens (tertiary/aromatic N) is 2. The maximum absolute atomic E-state index is 12.8. The van der Waals surface area contributed by atoms with Crippen molar-refractivity contribution < 1.29 is 28.7 Å². The smallest absolute Gasteiger partial charge is 0.345 e. The van der Waals surface area contributed by atoms with Crippen LogP contribution in [0, 0.1) is 20.9 Å². The number of esters is 1. The van der Waals surface area contributed by atoms with Crippen LogP contribution in [-0.2, 0) is 9.53 Å². The lowest BCUT2D eigenvalue weighted by atomic mass is 9.65. The van der Waals surface area contributed by atoms with Gasteiger partial charge in [-0.25, -0.2) is 4.79 Å². The molecule has 30 heavy (non-hydrogen) atoms. The number of hydrogen-bond acceptors (Lipinski definition) is 7. The molecule has 2 atom stereocenters. The molecule has 2 fully saturated rings. The molecule has 1 heterocycles. The molecule has 0 unspecified atom stereocenters. The molecule has 1 amide bonds. The van der Waals surface area contributed by atoms with Gasteiger partial charge in [-0.1, -0.05) is 20.8 Å². The van der Waals surface area contributed by atoms with Gasteiger partial charge in [0.25, 0.3) is 11.6 Å². The quantitative estimate of drug-likeness (QED) is 0.395. The Morgan fingerprint density at radius 2 is 1.80 bits per heavy atom.